The Bertz CT molecular complexity index is 818. The summed E-state index contributed by atoms with van der Waals surface area (Å²) in [5, 5.41) is 9.80. The fourth-order valence-electron chi connectivity index (χ4n) is 2.34. The lowest BCUT2D eigenvalue weighted by Gasteiger charge is -2.12. The maximum Gasteiger partial charge on any atom is 0.416 e. The van der Waals surface area contributed by atoms with Crippen LogP contribution in [0.25, 0.3) is 0 Å². The Morgan fingerprint density at radius 1 is 1.10 bits per heavy atom. The SMILES string of the molecule is CCNC(=NCc1ncc(CC)s1)NCCNC(=O)c1ccc(C(F)(F)F)cc1. The molecule has 158 valence electrons. The summed E-state index contributed by atoms with van der Waals surface area (Å²) < 4.78 is 37.7. The van der Waals surface area contributed by atoms with E-state index in [2.05, 4.69) is 32.9 Å². The van der Waals surface area contributed by atoms with Crippen molar-refractivity contribution in [3.8, 4) is 0 Å². The van der Waals surface area contributed by atoms with Crippen molar-refractivity contribution in [2.24, 2.45) is 4.99 Å². The van der Waals surface area contributed by atoms with Gasteiger partial charge in [0.25, 0.3) is 5.91 Å². The molecule has 29 heavy (non-hydrogen) atoms. The van der Waals surface area contributed by atoms with Crippen molar-refractivity contribution < 1.29 is 18.0 Å². The standard InChI is InChI=1S/C19H24F3N5OS/c1-3-15-11-26-16(29-15)12-27-18(23-4-2)25-10-9-24-17(28)13-5-7-14(8-6-13)19(20,21)22/h5-8,11H,3-4,9-10,12H2,1-2H3,(H,24,28)(H2,23,25,27). The molecule has 0 aliphatic heterocycles. The first-order valence-corrected chi connectivity index (χ1v) is 10.1. The van der Waals surface area contributed by atoms with Gasteiger partial charge in [-0.2, -0.15) is 13.2 Å². The number of nitrogens with zero attached hydrogens (tertiary/aromatic N) is 2. The van der Waals surface area contributed by atoms with Gasteiger partial charge < -0.3 is 16.0 Å². The van der Waals surface area contributed by atoms with E-state index in [1.54, 1.807) is 11.3 Å². The van der Waals surface area contributed by atoms with Crippen molar-refractivity contribution in [3.05, 3.63) is 51.5 Å². The molecule has 1 aromatic heterocycles. The summed E-state index contributed by atoms with van der Waals surface area (Å²) in [6.45, 7) is 5.87. The zero-order chi connectivity index (χ0) is 21.3. The van der Waals surface area contributed by atoms with Gasteiger partial charge in [0.05, 0.1) is 12.1 Å². The number of halogens is 3. The molecule has 0 radical (unpaired) electrons. The van der Waals surface area contributed by atoms with Gasteiger partial charge in [0.15, 0.2) is 5.96 Å². The van der Waals surface area contributed by atoms with E-state index in [9.17, 15) is 18.0 Å². The maximum atomic E-state index is 12.6. The lowest BCUT2D eigenvalue weighted by atomic mass is 10.1. The molecule has 2 aromatic rings. The zero-order valence-electron chi connectivity index (χ0n) is 16.3. The number of alkyl halides is 3. The molecule has 10 heteroatoms. The van der Waals surface area contributed by atoms with Crippen LogP contribution in [-0.4, -0.2) is 36.5 Å². The van der Waals surface area contributed by atoms with Crippen LogP contribution in [-0.2, 0) is 19.1 Å². The van der Waals surface area contributed by atoms with Gasteiger partial charge in [0.2, 0.25) is 0 Å². The fraction of sp³-hybridized carbons (Fsp3) is 0.421. The molecule has 0 aliphatic rings. The van der Waals surface area contributed by atoms with Crippen molar-refractivity contribution in [2.75, 3.05) is 19.6 Å². The number of rotatable bonds is 8. The van der Waals surface area contributed by atoms with Gasteiger partial charge in [-0.25, -0.2) is 9.98 Å². The predicted octanol–water partition coefficient (Wildman–Crippen LogP) is 3.21. The van der Waals surface area contributed by atoms with Crippen molar-refractivity contribution >= 4 is 23.2 Å². The van der Waals surface area contributed by atoms with Crippen LogP contribution in [0.4, 0.5) is 13.2 Å². The first-order chi connectivity index (χ1) is 13.8. The van der Waals surface area contributed by atoms with E-state index in [-0.39, 0.29) is 5.56 Å². The highest BCUT2D eigenvalue weighted by molar-refractivity contribution is 7.11. The molecule has 0 spiro atoms. The van der Waals surface area contributed by atoms with Crippen molar-refractivity contribution in [3.63, 3.8) is 0 Å². The monoisotopic (exact) mass is 427 g/mol. The van der Waals surface area contributed by atoms with Gasteiger partial charge in [-0.3, -0.25) is 4.79 Å². The summed E-state index contributed by atoms with van der Waals surface area (Å²) in [7, 11) is 0. The molecular weight excluding hydrogens is 403 g/mol. The number of hydrogen-bond acceptors (Lipinski definition) is 4. The Labute approximate surface area is 171 Å². The van der Waals surface area contributed by atoms with E-state index in [1.807, 2.05) is 13.1 Å². The van der Waals surface area contributed by atoms with Crippen LogP contribution in [0.15, 0.2) is 35.5 Å². The number of aromatic nitrogens is 1. The highest BCUT2D eigenvalue weighted by Gasteiger charge is 2.30. The van der Waals surface area contributed by atoms with Crippen LogP contribution in [0.5, 0.6) is 0 Å². The molecule has 0 fully saturated rings. The Balaban J connectivity index is 1.80. The molecule has 1 aromatic carbocycles. The molecule has 0 saturated heterocycles. The van der Waals surface area contributed by atoms with Crippen molar-refractivity contribution in [1.29, 1.82) is 0 Å². The number of thiazole rings is 1. The van der Waals surface area contributed by atoms with Crippen molar-refractivity contribution in [2.45, 2.75) is 33.0 Å². The van der Waals surface area contributed by atoms with Crippen LogP contribution in [0.2, 0.25) is 0 Å². The topological polar surface area (TPSA) is 78.4 Å². The zero-order valence-corrected chi connectivity index (χ0v) is 17.1. The molecule has 6 nitrogen and oxygen atoms in total. The third-order valence-electron chi connectivity index (χ3n) is 3.84. The first-order valence-electron chi connectivity index (χ1n) is 9.24. The van der Waals surface area contributed by atoms with E-state index >= 15 is 0 Å². The summed E-state index contributed by atoms with van der Waals surface area (Å²) in [6, 6.07) is 4.11. The molecule has 1 amide bonds. The molecule has 1 heterocycles. The summed E-state index contributed by atoms with van der Waals surface area (Å²) in [5.41, 5.74) is -0.609. The third-order valence-corrected chi connectivity index (χ3v) is 4.97. The molecule has 0 saturated carbocycles. The lowest BCUT2D eigenvalue weighted by Crippen LogP contribution is -2.41. The largest absolute Gasteiger partial charge is 0.416 e. The summed E-state index contributed by atoms with van der Waals surface area (Å²) in [6.07, 6.45) is -1.62. The van der Waals surface area contributed by atoms with E-state index in [4.69, 9.17) is 0 Å². The summed E-state index contributed by atoms with van der Waals surface area (Å²) in [4.78, 5) is 22.0. The second kappa shape index (κ2) is 10.8. The average Bonchev–Trinajstić information content (AvgIpc) is 3.16. The van der Waals surface area contributed by atoms with E-state index in [0.717, 1.165) is 35.7 Å². The highest BCUT2D eigenvalue weighted by Crippen LogP contribution is 2.29. The van der Waals surface area contributed by atoms with Crippen molar-refractivity contribution in [1.82, 2.24) is 20.9 Å². The molecular formula is C19H24F3N5OS. The Hall–Kier alpha value is -2.62. The maximum absolute atomic E-state index is 12.6. The Kier molecular flexibility index (Phi) is 8.44. The minimum Gasteiger partial charge on any atom is -0.357 e. The van der Waals surface area contributed by atoms with Gasteiger partial charge in [-0.1, -0.05) is 6.92 Å². The normalized spacial score (nSPS) is 12.0. The number of aryl methyl sites for hydroxylation is 1. The summed E-state index contributed by atoms with van der Waals surface area (Å²) in [5.74, 6) is 0.168. The molecule has 2 rings (SSSR count). The minimum atomic E-state index is -4.42. The Morgan fingerprint density at radius 3 is 2.38 bits per heavy atom. The smallest absolute Gasteiger partial charge is 0.357 e. The van der Waals surface area contributed by atoms with Crippen LogP contribution in [0.1, 0.15) is 39.7 Å². The number of carbonyl (C=O) groups is 1. The van der Waals surface area contributed by atoms with Gasteiger partial charge in [-0.05, 0) is 37.6 Å². The van der Waals surface area contributed by atoms with E-state index < -0.39 is 17.6 Å². The van der Waals surface area contributed by atoms with Crippen LogP contribution < -0.4 is 16.0 Å². The third kappa shape index (κ3) is 7.37. The van der Waals surface area contributed by atoms with Gasteiger partial charge in [0.1, 0.15) is 5.01 Å². The molecule has 0 aliphatic carbocycles. The van der Waals surface area contributed by atoms with E-state index in [0.29, 0.717) is 32.1 Å². The predicted molar refractivity (Wildman–Crippen MR) is 108 cm³/mol. The number of aliphatic imine (C=N–C) groups is 1. The first kappa shape index (κ1) is 22.7. The number of amides is 1. The second-order valence-corrected chi connectivity index (χ2v) is 7.23. The van der Waals surface area contributed by atoms with Crippen LogP contribution >= 0.6 is 11.3 Å². The molecule has 0 unspecified atom stereocenters. The number of nitrogens with one attached hydrogen (secondary N) is 3. The van der Waals surface area contributed by atoms with Crippen LogP contribution in [0, 0.1) is 0 Å². The molecule has 0 atom stereocenters. The van der Waals surface area contributed by atoms with Crippen LogP contribution in [0.3, 0.4) is 0 Å². The minimum absolute atomic E-state index is 0.175. The molecule has 0 bridgehead atoms. The van der Waals surface area contributed by atoms with Gasteiger partial charge >= 0.3 is 6.18 Å². The number of carbonyl (C=O) groups excluding carboxylic acids is 1. The van der Waals surface area contributed by atoms with Gasteiger partial charge in [-0.15, -0.1) is 11.3 Å². The molecule has 3 N–H and O–H groups in total. The Morgan fingerprint density at radius 2 is 1.79 bits per heavy atom. The lowest BCUT2D eigenvalue weighted by molar-refractivity contribution is -0.137. The highest BCUT2D eigenvalue weighted by atomic mass is 32.1. The number of benzene rings is 1. The van der Waals surface area contributed by atoms with E-state index in [1.165, 1.54) is 4.88 Å². The quantitative estimate of drug-likeness (QED) is 0.343. The summed E-state index contributed by atoms with van der Waals surface area (Å²) >= 11 is 1.62. The number of guanidine groups is 1. The number of hydrogen-bond donors (Lipinski definition) is 3. The second-order valence-electron chi connectivity index (χ2n) is 6.03. The average molecular weight is 427 g/mol. The fourth-order valence-corrected chi connectivity index (χ4v) is 3.13. The van der Waals surface area contributed by atoms with Gasteiger partial charge in [0, 0.05) is 36.3 Å².